The highest BCUT2D eigenvalue weighted by Crippen LogP contribution is 2.18. The van der Waals surface area contributed by atoms with Crippen molar-refractivity contribution in [2.24, 2.45) is 0 Å². The lowest BCUT2D eigenvalue weighted by Gasteiger charge is -2.22. The minimum Gasteiger partial charge on any atom is -0.360 e. The van der Waals surface area contributed by atoms with Crippen LogP contribution in [0.5, 0.6) is 0 Å². The van der Waals surface area contributed by atoms with Crippen LogP contribution in [0, 0.1) is 22.7 Å². The van der Waals surface area contributed by atoms with Gasteiger partial charge in [-0.1, -0.05) is 19.3 Å². The van der Waals surface area contributed by atoms with Crippen LogP contribution in [0.2, 0.25) is 0 Å². The van der Waals surface area contributed by atoms with Gasteiger partial charge in [0.15, 0.2) is 0 Å². The van der Waals surface area contributed by atoms with Gasteiger partial charge in [0.25, 0.3) is 5.91 Å². The normalized spacial score (nSPS) is 14.3. The molecule has 0 saturated heterocycles. The Morgan fingerprint density at radius 3 is 2.32 bits per heavy atom. The topological polar surface area (TPSA) is 88.7 Å². The molecule has 2 N–H and O–H groups in total. The molecule has 1 saturated carbocycles. The number of nitrogens with one attached hydrogen (secondary N) is 2. The van der Waals surface area contributed by atoms with Gasteiger partial charge >= 0.3 is 0 Å². The van der Waals surface area contributed by atoms with Crippen molar-refractivity contribution < 1.29 is 4.79 Å². The fourth-order valence-corrected chi connectivity index (χ4v) is 2.48. The molecule has 1 fully saturated rings. The summed E-state index contributed by atoms with van der Waals surface area (Å²) in [6.45, 7) is 0. The molecule has 1 aliphatic carbocycles. The average molecular weight is 294 g/mol. The van der Waals surface area contributed by atoms with Gasteiger partial charge in [-0.15, -0.1) is 0 Å². The van der Waals surface area contributed by atoms with Gasteiger partial charge < -0.3 is 10.6 Å². The second kappa shape index (κ2) is 7.85. The maximum atomic E-state index is 12.2. The first-order chi connectivity index (χ1) is 10.7. The van der Waals surface area contributed by atoms with Crippen LogP contribution in [0.3, 0.4) is 0 Å². The number of rotatable bonds is 4. The molecule has 1 aromatic carbocycles. The van der Waals surface area contributed by atoms with Crippen molar-refractivity contribution in [3.05, 3.63) is 41.6 Å². The van der Waals surface area contributed by atoms with E-state index >= 15 is 0 Å². The Hall–Kier alpha value is -2.79. The summed E-state index contributed by atoms with van der Waals surface area (Å²) < 4.78 is 0. The molecule has 2 rings (SSSR count). The summed E-state index contributed by atoms with van der Waals surface area (Å²) in [6, 6.07) is 10.8. The van der Waals surface area contributed by atoms with Crippen LogP contribution in [-0.2, 0) is 0 Å². The summed E-state index contributed by atoms with van der Waals surface area (Å²) in [5.41, 5.74) is 1.33. The van der Waals surface area contributed by atoms with E-state index < -0.39 is 0 Å². The fourth-order valence-electron chi connectivity index (χ4n) is 2.48. The molecule has 0 bridgehead atoms. The number of carbonyl (C=O) groups excluding carboxylic acids is 1. The quantitative estimate of drug-likeness (QED) is 0.835. The van der Waals surface area contributed by atoms with Crippen LogP contribution >= 0.6 is 0 Å². The predicted octanol–water partition coefficient (Wildman–Crippen LogP) is 3.09. The first-order valence-electron chi connectivity index (χ1n) is 7.41. The second-order valence-corrected chi connectivity index (χ2v) is 5.31. The molecule has 1 amide bonds. The molecule has 0 spiro atoms. The molecule has 112 valence electrons. The first kappa shape index (κ1) is 15.6. The van der Waals surface area contributed by atoms with Crippen molar-refractivity contribution in [3.8, 4) is 12.1 Å². The third-order valence-electron chi connectivity index (χ3n) is 3.71. The SMILES string of the molecule is N#CC(C#N)=CNc1ccc(C(=O)NC2CCCCC2)cc1. The van der Waals surface area contributed by atoms with Crippen LogP contribution < -0.4 is 10.6 Å². The molecule has 22 heavy (non-hydrogen) atoms. The number of amides is 1. The minimum atomic E-state index is -0.0521. The summed E-state index contributed by atoms with van der Waals surface area (Å²) in [5, 5.41) is 23.2. The summed E-state index contributed by atoms with van der Waals surface area (Å²) in [7, 11) is 0. The van der Waals surface area contributed by atoms with E-state index in [1.54, 1.807) is 36.4 Å². The van der Waals surface area contributed by atoms with Gasteiger partial charge in [0.2, 0.25) is 0 Å². The third-order valence-corrected chi connectivity index (χ3v) is 3.71. The van der Waals surface area contributed by atoms with Crippen molar-refractivity contribution in [1.82, 2.24) is 5.32 Å². The lowest BCUT2D eigenvalue weighted by atomic mass is 9.95. The van der Waals surface area contributed by atoms with E-state index in [1.165, 1.54) is 25.5 Å². The van der Waals surface area contributed by atoms with Crippen LogP contribution in [-0.4, -0.2) is 11.9 Å². The Bertz CT molecular complexity index is 612. The van der Waals surface area contributed by atoms with Crippen LogP contribution in [0.1, 0.15) is 42.5 Å². The Labute approximate surface area is 130 Å². The summed E-state index contributed by atoms with van der Waals surface area (Å²) >= 11 is 0. The van der Waals surface area contributed by atoms with E-state index in [0.29, 0.717) is 5.56 Å². The fraction of sp³-hybridized carbons (Fsp3) is 0.353. The maximum Gasteiger partial charge on any atom is 0.251 e. The van der Waals surface area contributed by atoms with Crippen LogP contribution in [0.15, 0.2) is 36.0 Å². The highest BCUT2D eigenvalue weighted by molar-refractivity contribution is 5.94. The van der Waals surface area contributed by atoms with Gasteiger partial charge in [0, 0.05) is 23.5 Å². The highest BCUT2D eigenvalue weighted by Gasteiger charge is 2.16. The number of allylic oxidation sites excluding steroid dienone is 1. The van der Waals surface area contributed by atoms with E-state index in [-0.39, 0.29) is 17.5 Å². The third kappa shape index (κ3) is 4.36. The molecule has 1 aromatic rings. The van der Waals surface area contributed by atoms with E-state index in [2.05, 4.69) is 10.6 Å². The van der Waals surface area contributed by atoms with Crippen LogP contribution in [0.4, 0.5) is 5.69 Å². The Morgan fingerprint density at radius 2 is 1.73 bits per heavy atom. The second-order valence-electron chi connectivity index (χ2n) is 5.31. The van der Waals surface area contributed by atoms with Crippen molar-refractivity contribution in [1.29, 1.82) is 10.5 Å². The molecular weight excluding hydrogens is 276 g/mol. The number of benzene rings is 1. The largest absolute Gasteiger partial charge is 0.360 e. The first-order valence-corrected chi connectivity index (χ1v) is 7.41. The number of nitriles is 2. The molecule has 0 atom stereocenters. The molecule has 0 aromatic heterocycles. The molecule has 1 aliphatic rings. The summed E-state index contributed by atoms with van der Waals surface area (Å²) in [6.07, 6.45) is 7.08. The zero-order chi connectivity index (χ0) is 15.8. The standard InChI is InChI=1S/C17H18N4O/c18-10-13(11-19)12-20-15-8-6-14(7-9-15)17(22)21-16-4-2-1-3-5-16/h6-9,12,16,20H,1-5H2,(H,21,22). The van der Waals surface area contributed by atoms with Crippen molar-refractivity contribution in [2.45, 2.75) is 38.1 Å². The average Bonchev–Trinajstić information content (AvgIpc) is 2.57. The molecule has 5 heteroatoms. The Kier molecular flexibility index (Phi) is 5.57. The van der Waals surface area contributed by atoms with Gasteiger partial charge in [0.05, 0.1) is 0 Å². The van der Waals surface area contributed by atoms with Gasteiger partial charge in [-0.05, 0) is 37.1 Å². The van der Waals surface area contributed by atoms with Gasteiger partial charge in [-0.3, -0.25) is 4.79 Å². The molecule has 0 unspecified atom stereocenters. The smallest absolute Gasteiger partial charge is 0.251 e. The predicted molar refractivity (Wildman–Crippen MR) is 83.7 cm³/mol. The Balaban J connectivity index is 1.93. The Morgan fingerprint density at radius 1 is 1.09 bits per heavy atom. The van der Waals surface area contributed by atoms with E-state index in [0.717, 1.165) is 18.5 Å². The van der Waals surface area contributed by atoms with E-state index in [4.69, 9.17) is 10.5 Å². The minimum absolute atomic E-state index is 0.000817. The molecule has 5 nitrogen and oxygen atoms in total. The summed E-state index contributed by atoms with van der Waals surface area (Å²) in [4.78, 5) is 12.2. The van der Waals surface area contributed by atoms with Crippen molar-refractivity contribution >= 4 is 11.6 Å². The lowest BCUT2D eigenvalue weighted by molar-refractivity contribution is 0.0928. The number of nitrogens with zero attached hydrogens (tertiary/aromatic N) is 2. The van der Waals surface area contributed by atoms with E-state index in [1.807, 2.05) is 0 Å². The van der Waals surface area contributed by atoms with Gasteiger partial charge in [-0.2, -0.15) is 10.5 Å². The molecule has 0 heterocycles. The van der Waals surface area contributed by atoms with E-state index in [9.17, 15) is 4.79 Å². The number of carbonyl (C=O) groups is 1. The van der Waals surface area contributed by atoms with Crippen molar-refractivity contribution in [2.75, 3.05) is 5.32 Å². The zero-order valence-electron chi connectivity index (χ0n) is 12.3. The maximum absolute atomic E-state index is 12.2. The number of anilines is 1. The monoisotopic (exact) mass is 294 g/mol. The van der Waals surface area contributed by atoms with Gasteiger partial charge in [0.1, 0.15) is 17.7 Å². The number of hydrogen-bond acceptors (Lipinski definition) is 4. The van der Waals surface area contributed by atoms with Gasteiger partial charge in [-0.25, -0.2) is 0 Å². The summed E-state index contributed by atoms with van der Waals surface area (Å²) in [5.74, 6) is -0.0521. The molecule has 0 aliphatic heterocycles. The zero-order valence-corrected chi connectivity index (χ0v) is 12.3. The number of hydrogen-bond donors (Lipinski definition) is 2. The van der Waals surface area contributed by atoms with Crippen LogP contribution in [0.25, 0.3) is 0 Å². The van der Waals surface area contributed by atoms with Crippen molar-refractivity contribution in [3.63, 3.8) is 0 Å². The highest BCUT2D eigenvalue weighted by atomic mass is 16.1. The molecule has 0 radical (unpaired) electrons. The lowest BCUT2D eigenvalue weighted by Crippen LogP contribution is -2.36. The molecular formula is C17H18N4O.